The summed E-state index contributed by atoms with van der Waals surface area (Å²) in [5.74, 6) is 2.62. The monoisotopic (exact) mass is 378 g/mol. The fraction of sp³-hybridized carbons (Fsp3) is 0.412. The van der Waals surface area contributed by atoms with E-state index >= 15 is 0 Å². The maximum atomic E-state index is 11.6. The first kappa shape index (κ1) is 18.2. The number of aromatic nitrogens is 2. The van der Waals surface area contributed by atoms with Crippen molar-refractivity contribution in [2.24, 2.45) is 0 Å². The van der Waals surface area contributed by atoms with E-state index in [1.807, 2.05) is 19.1 Å². The largest absolute Gasteiger partial charge is 0.497 e. The normalized spacial score (nSPS) is 18.3. The lowest BCUT2D eigenvalue weighted by Crippen LogP contribution is -2.22. The standard InChI is InChI=1S/C17H22N4O4S/c1-11-8-16(20-14-9-13(24-2)4-5-15(14)25-3)21-17(18-11)19-12-6-7-26(22,23)10-12/h4-5,8-9,12H,6-7,10H2,1-3H3,(H2,18,19,20,21). The van der Waals surface area contributed by atoms with Crippen LogP contribution in [0.3, 0.4) is 0 Å². The second kappa shape index (κ2) is 7.36. The van der Waals surface area contributed by atoms with Crippen molar-refractivity contribution in [1.82, 2.24) is 9.97 Å². The third kappa shape index (κ3) is 4.34. The average Bonchev–Trinajstić information content (AvgIpc) is 2.92. The van der Waals surface area contributed by atoms with Gasteiger partial charge >= 0.3 is 0 Å². The number of sulfone groups is 1. The third-order valence-corrected chi connectivity index (χ3v) is 5.86. The van der Waals surface area contributed by atoms with Crippen LogP contribution < -0.4 is 20.1 Å². The molecular weight excluding hydrogens is 356 g/mol. The first-order valence-corrected chi connectivity index (χ1v) is 10.0. The number of nitrogens with zero attached hydrogens (tertiary/aromatic N) is 2. The van der Waals surface area contributed by atoms with Gasteiger partial charge in [-0.05, 0) is 25.5 Å². The summed E-state index contributed by atoms with van der Waals surface area (Å²) >= 11 is 0. The number of aryl methyl sites for hydroxylation is 1. The molecule has 2 N–H and O–H groups in total. The quantitative estimate of drug-likeness (QED) is 0.788. The van der Waals surface area contributed by atoms with Crippen molar-refractivity contribution in [3.63, 3.8) is 0 Å². The van der Waals surface area contributed by atoms with E-state index in [-0.39, 0.29) is 17.5 Å². The van der Waals surface area contributed by atoms with Crippen LogP contribution in [0.1, 0.15) is 12.1 Å². The zero-order chi connectivity index (χ0) is 18.7. The van der Waals surface area contributed by atoms with Crippen molar-refractivity contribution in [2.45, 2.75) is 19.4 Å². The number of anilines is 3. The van der Waals surface area contributed by atoms with E-state index in [0.717, 1.165) is 5.69 Å². The molecule has 0 spiro atoms. The fourth-order valence-corrected chi connectivity index (χ4v) is 4.51. The molecule has 1 fully saturated rings. The molecule has 1 aliphatic heterocycles. The Balaban J connectivity index is 1.82. The SMILES string of the molecule is COc1ccc(OC)c(Nc2cc(C)nc(NC3CCS(=O)(=O)C3)n2)c1. The van der Waals surface area contributed by atoms with E-state index in [2.05, 4.69) is 20.6 Å². The molecule has 140 valence electrons. The van der Waals surface area contributed by atoms with Crippen LogP contribution in [0.4, 0.5) is 17.5 Å². The molecule has 1 atom stereocenters. The van der Waals surface area contributed by atoms with Crippen LogP contribution in [0.25, 0.3) is 0 Å². The van der Waals surface area contributed by atoms with E-state index in [4.69, 9.17) is 9.47 Å². The molecular formula is C17H22N4O4S. The Morgan fingerprint density at radius 2 is 1.96 bits per heavy atom. The van der Waals surface area contributed by atoms with Gasteiger partial charge < -0.3 is 20.1 Å². The summed E-state index contributed by atoms with van der Waals surface area (Å²) in [6, 6.07) is 7.06. The Labute approximate surface area is 152 Å². The molecule has 1 aromatic heterocycles. The van der Waals surface area contributed by atoms with Crippen LogP contribution in [-0.4, -0.2) is 50.2 Å². The summed E-state index contributed by atoms with van der Waals surface area (Å²) in [7, 11) is 0.219. The van der Waals surface area contributed by atoms with E-state index in [9.17, 15) is 8.42 Å². The van der Waals surface area contributed by atoms with Gasteiger partial charge in [-0.1, -0.05) is 0 Å². The molecule has 0 bridgehead atoms. The lowest BCUT2D eigenvalue weighted by molar-refractivity contribution is 0.405. The Bertz CT molecular complexity index is 902. The van der Waals surface area contributed by atoms with Gasteiger partial charge in [0.15, 0.2) is 9.84 Å². The van der Waals surface area contributed by atoms with Crippen LogP contribution in [0.5, 0.6) is 11.5 Å². The molecule has 2 heterocycles. The van der Waals surface area contributed by atoms with E-state index < -0.39 is 9.84 Å². The molecule has 1 aromatic carbocycles. The summed E-state index contributed by atoms with van der Waals surface area (Å²) < 4.78 is 33.9. The van der Waals surface area contributed by atoms with Crippen LogP contribution in [0, 0.1) is 6.92 Å². The first-order valence-electron chi connectivity index (χ1n) is 8.20. The minimum absolute atomic E-state index is 0.108. The highest BCUT2D eigenvalue weighted by atomic mass is 32.2. The fourth-order valence-electron chi connectivity index (χ4n) is 2.84. The first-order chi connectivity index (χ1) is 12.4. The number of rotatable bonds is 6. The van der Waals surface area contributed by atoms with Gasteiger partial charge in [0.25, 0.3) is 0 Å². The molecule has 9 heteroatoms. The van der Waals surface area contributed by atoms with Crippen molar-refractivity contribution >= 4 is 27.3 Å². The molecule has 8 nitrogen and oxygen atoms in total. The van der Waals surface area contributed by atoms with Gasteiger partial charge in [-0.15, -0.1) is 0 Å². The highest BCUT2D eigenvalue weighted by molar-refractivity contribution is 7.91. The van der Waals surface area contributed by atoms with E-state index in [1.54, 1.807) is 26.4 Å². The highest BCUT2D eigenvalue weighted by Crippen LogP contribution is 2.31. The predicted molar refractivity (Wildman–Crippen MR) is 100 cm³/mol. The zero-order valence-corrected chi connectivity index (χ0v) is 15.8. The molecule has 1 aliphatic rings. The summed E-state index contributed by atoms with van der Waals surface area (Å²) in [6.07, 6.45) is 0.562. The molecule has 1 unspecified atom stereocenters. The molecule has 2 aromatic rings. The number of hydrogen-bond donors (Lipinski definition) is 2. The van der Waals surface area contributed by atoms with Gasteiger partial charge in [-0.3, -0.25) is 0 Å². The summed E-state index contributed by atoms with van der Waals surface area (Å²) in [6.45, 7) is 1.85. The van der Waals surface area contributed by atoms with Gasteiger partial charge in [0.05, 0.1) is 31.4 Å². The summed E-state index contributed by atoms with van der Waals surface area (Å²) in [5, 5.41) is 6.32. The van der Waals surface area contributed by atoms with Gasteiger partial charge in [-0.2, -0.15) is 4.98 Å². The molecule has 26 heavy (non-hydrogen) atoms. The summed E-state index contributed by atoms with van der Waals surface area (Å²) in [5.41, 5.74) is 1.46. The number of ether oxygens (including phenoxy) is 2. The van der Waals surface area contributed by atoms with E-state index in [0.29, 0.717) is 35.4 Å². The zero-order valence-electron chi connectivity index (χ0n) is 14.9. The van der Waals surface area contributed by atoms with Crippen LogP contribution in [0.15, 0.2) is 24.3 Å². The average molecular weight is 378 g/mol. The Morgan fingerprint density at radius 3 is 2.62 bits per heavy atom. The van der Waals surface area contributed by atoms with Crippen molar-refractivity contribution in [2.75, 3.05) is 36.4 Å². The Morgan fingerprint density at radius 1 is 1.15 bits per heavy atom. The number of benzene rings is 1. The summed E-state index contributed by atoms with van der Waals surface area (Å²) in [4.78, 5) is 8.80. The van der Waals surface area contributed by atoms with Gasteiger partial charge in [0.1, 0.15) is 17.3 Å². The second-order valence-electron chi connectivity index (χ2n) is 6.15. The number of methoxy groups -OCH3 is 2. The molecule has 0 saturated carbocycles. The lowest BCUT2D eigenvalue weighted by Gasteiger charge is -2.15. The van der Waals surface area contributed by atoms with Gasteiger partial charge in [-0.25, -0.2) is 13.4 Å². The van der Waals surface area contributed by atoms with E-state index in [1.165, 1.54) is 0 Å². The highest BCUT2D eigenvalue weighted by Gasteiger charge is 2.28. The van der Waals surface area contributed by atoms with Crippen molar-refractivity contribution in [3.8, 4) is 11.5 Å². The van der Waals surface area contributed by atoms with Crippen molar-refractivity contribution in [3.05, 3.63) is 30.0 Å². The van der Waals surface area contributed by atoms with Gasteiger partial charge in [0.2, 0.25) is 5.95 Å². The third-order valence-electron chi connectivity index (χ3n) is 4.09. The predicted octanol–water partition coefficient (Wildman–Crippen LogP) is 2.14. The molecule has 0 amide bonds. The molecule has 3 rings (SSSR count). The van der Waals surface area contributed by atoms with Crippen molar-refractivity contribution < 1.29 is 17.9 Å². The Hall–Kier alpha value is -2.55. The molecule has 0 radical (unpaired) electrons. The van der Waals surface area contributed by atoms with Crippen LogP contribution in [-0.2, 0) is 9.84 Å². The van der Waals surface area contributed by atoms with Crippen molar-refractivity contribution in [1.29, 1.82) is 0 Å². The molecule has 1 saturated heterocycles. The Kier molecular flexibility index (Phi) is 5.17. The van der Waals surface area contributed by atoms with Gasteiger partial charge in [0, 0.05) is 23.9 Å². The topological polar surface area (TPSA) is 102 Å². The lowest BCUT2D eigenvalue weighted by atomic mass is 10.2. The number of nitrogens with one attached hydrogen (secondary N) is 2. The molecule has 0 aliphatic carbocycles. The second-order valence-corrected chi connectivity index (χ2v) is 8.38. The maximum absolute atomic E-state index is 11.6. The minimum atomic E-state index is -2.97. The number of hydrogen-bond acceptors (Lipinski definition) is 8. The van der Waals surface area contributed by atoms with Crippen LogP contribution in [0.2, 0.25) is 0 Å². The maximum Gasteiger partial charge on any atom is 0.225 e. The van der Waals surface area contributed by atoms with Crippen LogP contribution >= 0.6 is 0 Å². The minimum Gasteiger partial charge on any atom is -0.497 e. The smallest absolute Gasteiger partial charge is 0.225 e.